The average molecular weight is 495 g/mol. The Morgan fingerprint density at radius 2 is 1.69 bits per heavy atom. The Morgan fingerprint density at radius 1 is 1.06 bits per heavy atom. The van der Waals surface area contributed by atoms with Gasteiger partial charge in [-0.25, -0.2) is 0 Å². The molecule has 196 valence electrons. The van der Waals surface area contributed by atoms with Gasteiger partial charge in [-0.3, -0.25) is 14.4 Å². The molecule has 4 rings (SSSR count). The third-order valence-corrected chi connectivity index (χ3v) is 8.49. The van der Waals surface area contributed by atoms with Gasteiger partial charge in [0.1, 0.15) is 6.10 Å². The highest BCUT2D eigenvalue weighted by atomic mass is 16.7. The molecule has 1 N–H and O–H groups in total. The van der Waals surface area contributed by atoms with Gasteiger partial charge in [-0.1, -0.05) is 19.9 Å². The standard InChI is InChI=1S/C26H38O9/c1-12(2)18-19-20(17-11-13(3)26(30)10-9-24(7,35-26)22(19)33-17)25(8,34-16(6)29)23(32-15(5)28)21(18)31-14(4)27/h11-12,17-23,30H,9-10H2,1-8H3. The van der Waals surface area contributed by atoms with Crippen LogP contribution in [0.2, 0.25) is 0 Å². The summed E-state index contributed by atoms with van der Waals surface area (Å²) in [6.45, 7) is 13.4. The molecule has 10 unspecified atom stereocenters. The lowest BCUT2D eigenvalue weighted by Gasteiger charge is -2.55. The van der Waals surface area contributed by atoms with E-state index in [1.165, 1.54) is 20.8 Å². The highest BCUT2D eigenvalue weighted by molar-refractivity contribution is 5.69. The van der Waals surface area contributed by atoms with E-state index in [1.807, 2.05) is 26.8 Å². The van der Waals surface area contributed by atoms with E-state index in [2.05, 4.69) is 0 Å². The molecule has 0 spiro atoms. The lowest BCUT2D eigenvalue weighted by molar-refractivity contribution is -0.253. The van der Waals surface area contributed by atoms with Gasteiger partial charge in [0.25, 0.3) is 0 Å². The molecule has 3 aliphatic heterocycles. The van der Waals surface area contributed by atoms with E-state index in [0.29, 0.717) is 18.4 Å². The van der Waals surface area contributed by atoms with Gasteiger partial charge in [-0.2, -0.15) is 0 Å². The van der Waals surface area contributed by atoms with Crippen molar-refractivity contribution in [3.8, 4) is 0 Å². The minimum atomic E-state index is -1.40. The SMILES string of the molecule is CC(=O)OC1C(C(C)C)C2C3OC(C=C(C)C4(O)CCC3(C)O4)C2C(C)(OC(C)=O)C1OC(C)=O. The summed E-state index contributed by atoms with van der Waals surface area (Å²) >= 11 is 0. The summed E-state index contributed by atoms with van der Waals surface area (Å²) in [7, 11) is 0. The lowest BCUT2D eigenvalue weighted by Crippen LogP contribution is -2.68. The van der Waals surface area contributed by atoms with Crippen LogP contribution in [0.25, 0.3) is 0 Å². The molecule has 0 amide bonds. The molecule has 0 aromatic rings. The largest absolute Gasteiger partial charge is 0.458 e. The first kappa shape index (κ1) is 26.1. The minimum Gasteiger partial charge on any atom is -0.458 e. The molecule has 9 nitrogen and oxygen atoms in total. The van der Waals surface area contributed by atoms with Crippen LogP contribution in [-0.4, -0.2) is 64.4 Å². The second-order valence-electron chi connectivity index (χ2n) is 11.4. The van der Waals surface area contributed by atoms with E-state index in [9.17, 15) is 19.5 Å². The van der Waals surface area contributed by atoms with Crippen molar-refractivity contribution in [3.05, 3.63) is 11.6 Å². The fraction of sp³-hybridized carbons (Fsp3) is 0.808. The number of esters is 3. The maximum Gasteiger partial charge on any atom is 0.303 e. The Hall–Kier alpha value is -1.97. The fourth-order valence-corrected chi connectivity index (χ4v) is 7.25. The van der Waals surface area contributed by atoms with Gasteiger partial charge in [0.15, 0.2) is 17.5 Å². The molecule has 35 heavy (non-hydrogen) atoms. The molecule has 3 fully saturated rings. The highest BCUT2D eigenvalue weighted by Gasteiger charge is 2.72. The van der Waals surface area contributed by atoms with Crippen molar-refractivity contribution < 1.29 is 43.2 Å². The summed E-state index contributed by atoms with van der Waals surface area (Å²) in [6, 6.07) is 0. The summed E-state index contributed by atoms with van der Waals surface area (Å²) in [4.78, 5) is 37.0. The Kier molecular flexibility index (Phi) is 6.38. The molecular formula is C26H38O9. The van der Waals surface area contributed by atoms with E-state index < -0.39 is 65.2 Å². The van der Waals surface area contributed by atoms with E-state index in [1.54, 1.807) is 13.8 Å². The molecule has 9 heteroatoms. The molecule has 0 aromatic carbocycles. The molecule has 4 bridgehead atoms. The molecule has 3 heterocycles. The number of fused-ring (bicyclic) bond motifs is 8. The van der Waals surface area contributed by atoms with Crippen molar-refractivity contribution in [1.82, 2.24) is 0 Å². The van der Waals surface area contributed by atoms with E-state index >= 15 is 0 Å². The topological polar surface area (TPSA) is 118 Å². The zero-order valence-electron chi connectivity index (χ0n) is 21.8. The number of ether oxygens (including phenoxy) is 5. The second-order valence-corrected chi connectivity index (χ2v) is 11.4. The predicted molar refractivity (Wildman–Crippen MR) is 123 cm³/mol. The van der Waals surface area contributed by atoms with Crippen LogP contribution in [0.1, 0.15) is 68.2 Å². The van der Waals surface area contributed by atoms with Crippen molar-refractivity contribution in [1.29, 1.82) is 0 Å². The smallest absolute Gasteiger partial charge is 0.303 e. The molecule has 1 saturated carbocycles. The molecule has 4 aliphatic rings. The van der Waals surface area contributed by atoms with Crippen LogP contribution in [0.3, 0.4) is 0 Å². The highest BCUT2D eigenvalue weighted by Crippen LogP contribution is 2.61. The fourth-order valence-electron chi connectivity index (χ4n) is 7.25. The number of hydrogen-bond donors (Lipinski definition) is 1. The van der Waals surface area contributed by atoms with Gasteiger partial charge in [0.05, 0.1) is 17.8 Å². The van der Waals surface area contributed by atoms with Crippen molar-refractivity contribution >= 4 is 17.9 Å². The summed E-state index contributed by atoms with van der Waals surface area (Å²) in [6.07, 6.45) is -0.0906. The van der Waals surface area contributed by atoms with Crippen LogP contribution in [0.15, 0.2) is 11.6 Å². The Balaban J connectivity index is 1.97. The first-order valence-electron chi connectivity index (χ1n) is 12.4. The number of hydrogen-bond acceptors (Lipinski definition) is 9. The molecule has 2 saturated heterocycles. The maximum atomic E-state index is 12.4. The maximum absolute atomic E-state index is 12.4. The Bertz CT molecular complexity index is 943. The number of carbonyl (C=O) groups is 3. The number of rotatable bonds is 4. The molecule has 0 radical (unpaired) electrons. The Morgan fingerprint density at radius 3 is 2.23 bits per heavy atom. The zero-order valence-corrected chi connectivity index (χ0v) is 21.8. The van der Waals surface area contributed by atoms with Gasteiger partial charge >= 0.3 is 17.9 Å². The predicted octanol–water partition coefficient (Wildman–Crippen LogP) is 2.67. The molecule has 1 aliphatic carbocycles. The molecular weight excluding hydrogens is 456 g/mol. The Labute approximate surface area is 206 Å². The third-order valence-electron chi connectivity index (χ3n) is 8.49. The van der Waals surface area contributed by atoms with Crippen molar-refractivity contribution in [3.63, 3.8) is 0 Å². The summed E-state index contributed by atoms with van der Waals surface area (Å²) in [5.74, 6) is -4.08. The number of aliphatic hydroxyl groups is 1. The van der Waals surface area contributed by atoms with Gasteiger partial charge in [0, 0.05) is 44.9 Å². The average Bonchev–Trinajstić information content (AvgIpc) is 3.24. The van der Waals surface area contributed by atoms with Crippen molar-refractivity contribution in [2.45, 2.75) is 110 Å². The van der Waals surface area contributed by atoms with Crippen molar-refractivity contribution in [2.24, 2.45) is 23.7 Å². The van der Waals surface area contributed by atoms with Crippen LogP contribution in [0.4, 0.5) is 0 Å². The van der Waals surface area contributed by atoms with Crippen LogP contribution in [0, 0.1) is 23.7 Å². The van der Waals surface area contributed by atoms with Gasteiger partial charge < -0.3 is 28.8 Å². The molecule has 0 aromatic heterocycles. The normalized spacial score (nSPS) is 46.2. The van der Waals surface area contributed by atoms with Crippen LogP contribution < -0.4 is 0 Å². The van der Waals surface area contributed by atoms with Gasteiger partial charge in [0.2, 0.25) is 0 Å². The summed E-state index contributed by atoms with van der Waals surface area (Å²) in [5.41, 5.74) is -1.56. The minimum absolute atomic E-state index is 0.00801. The van der Waals surface area contributed by atoms with Crippen molar-refractivity contribution in [2.75, 3.05) is 0 Å². The van der Waals surface area contributed by atoms with E-state index in [-0.39, 0.29) is 17.8 Å². The first-order valence-corrected chi connectivity index (χ1v) is 12.4. The lowest BCUT2D eigenvalue weighted by atomic mass is 9.55. The van der Waals surface area contributed by atoms with E-state index in [4.69, 9.17) is 23.7 Å². The zero-order chi connectivity index (χ0) is 26.1. The number of carbonyl (C=O) groups excluding carboxylic acids is 3. The van der Waals surface area contributed by atoms with Crippen LogP contribution in [-0.2, 0) is 38.1 Å². The van der Waals surface area contributed by atoms with E-state index in [0.717, 1.165) is 0 Å². The van der Waals surface area contributed by atoms with Crippen LogP contribution >= 0.6 is 0 Å². The summed E-state index contributed by atoms with van der Waals surface area (Å²) in [5, 5.41) is 11.3. The monoisotopic (exact) mass is 494 g/mol. The second kappa shape index (κ2) is 8.56. The summed E-state index contributed by atoms with van der Waals surface area (Å²) < 4.78 is 30.6. The van der Waals surface area contributed by atoms with Crippen LogP contribution in [0.5, 0.6) is 0 Å². The third kappa shape index (κ3) is 4.09. The van der Waals surface area contributed by atoms with Gasteiger partial charge in [-0.15, -0.1) is 0 Å². The first-order chi connectivity index (χ1) is 16.1. The quantitative estimate of drug-likeness (QED) is 0.357. The van der Waals surface area contributed by atoms with Gasteiger partial charge in [-0.05, 0) is 38.7 Å². The molecule has 10 atom stereocenters.